The Bertz CT molecular complexity index is 807. The SMILES string of the molecule is CN(C)c1ccc(C(=O)N2CC3CN(CC[C@H](N)c4ccccc4)CC3C2)cc1. The van der Waals surface area contributed by atoms with Crippen LogP contribution in [0.5, 0.6) is 0 Å². The highest BCUT2D eigenvalue weighted by molar-refractivity contribution is 5.94. The van der Waals surface area contributed by atoms with Gasteiger partial charge in [0.1, 0.15) is 0 Å². The van der Waals surface area contributed by atoms with Gasteiger partial charge in [-0.15, -0.1) is 0 Å². The third kappa shape index (κ3) is 4.46. The fourth-order valence-electron chi connectivity index (χ4n) is 4.71. The summed E-state index contributed by atoms with van der Waals surface area (Å²) in [5, 5.41) is 0. The molecule has 0 spiro atoms. The van der Waals surface area contributed by atoms with Crippen molar-refractivity contribution in [1.82, 2.24) is 9.80 Å². The summed E-state index contributed by atoms with van der Waals surface area (Å²) in [5.41, 5.74) is 9.48. The van der Waals surface area contributed by atoms with Gasteiger partial charge in [-0.05, 0) is 54.6 Å². The van der Waals surface area contributed by atoms with Crippen molar-refractivity contribution in [3.63, 3.8) is 0 Å². The molecule has 4 rings (SSSR count). The van der Waals surface area contributed by atoms with Crippen LogP contribution in [0.2, 0.25) is 0 Å². The van der Waals surface area contributed by atoms with E-state index in [1.807, 2.05) is 54.2 Å². The summed E-state index contributed by atoms with van der Waals surface area (Å²) in [5.74, 6) is 1.35. The van der Waals surface area contributed by atoms with Gasteiger partial charge < -0.3 is 20.4 Å². The Morgan fingerprint density at radius 3 is 2.21 bits per heavy atom. The van der Waals surface area contributed by atoms with Crippen molar-refractivity contribution >= 4 is 11.6 Å². The third-order valence-electron chi connectivity index (χ3n) is 6.46. The van der Waals surface area contributed by atoms with Crippen LogP contribution in [0.1, 0.15) is 28.4 Å². The lowest BCUT2D eigenvalue weighted by molar-refractivity contribution is 0.0774. The van der Waals surface area contributed by atoms with Crippen molar-refractivity contribution < 1.29 is 4.79 Å². The molecular weight excluding hydrogens is 360 g/mol. The first-order chi connectivity index (χ1) is 14.0. The molecule has 154 valence electrons. The Morgan fingerprint density at radius 2 is 1.62 bits per heavy atom. The summed E-state index contributed by atoms with van der Waals surface area (Å²) in [7, 11) is 4.02. The summed E-state index contributed by atoms with van der Waals surface area (Å²) in [6.07, 6.45) is 0.977. The molecule has 2 N–H and O–H groups in total. The van der Waals surface area contributed by atoms with Crippen molar-refractivity contribution in [2.45, 2.75) is 12.5 Å². The number of hydrogen-bond donors (Lipinski definition) is 1. The molecule has 2 aliphatic heterocycles. The van der Waals surface area contributed by atoms with Crippen molar-refractivity contribution in [3.8, 4) is 0 Å². The summed E-state index contributed by atoms with van der Waals surface area (Å²) in [6, 6.07) is 18.4. The average molecular weight is 393 g/mol. The second-order valence-corrected chi connectivity index (χ2v) is 8.74. The Morgan fingerprint density at radius 1 is 1.00 bits per heavy atom. The van der Waals surface area contributed by atoms with Gasteiger partial charge in [0, 0.05) is 57.6 Å². The zero-order valence-electron chi connectivity index (χ0n) is 17.5. The van der Waals surface area contributed by atoms with Gasteiger partial charge in [-0.2, -0.15) is 0 Å². The number of anilines is 1. The fraction of sp³-hybridized carbons (Fsp3) is 0.458. The molecule has 5 nitrogen and oxygen atoms in total. The molecule has 2 unspecified atom stereocenters. The highest BCUT2D eigenvalue weighted by Crippen LogP contribution is 2.32. The van der Waals surface area contributed by atoms with Crippen LogP contribution in [-0.2, 0) is 0 Å². The molecule has 5 heteroatoms. The van der Waals surface area contributed by atoms with E-state index in [-0.39, 0.29) is 11.9 Å². The first kappa shape index (κ1) is 19.9. The highest BCUT2D eigenvalue weighted by Gasteiger charge is 2.41. The third-order valence-corrected chi connectivity index (χ3v) is 6.46. The largest absolute Gasteiger partial charge is 0.378 e. The van der Waals surface area contributed by atoms with Gasteiger partial charge in [-0.3, -0.25) is 4.79 Å². The van der Waals surface area contributed by atoms with Crippen LogP contribution in [0.25, 0.3) is 0 Å². The fourth-order valence-corrected chi connectivity index (χ4v) is 4.71. The number of nitrogens with two attached hydrogens (primary N) is 1. The number of hydrogen-bond acceptors (Lipinski definition) is 4. The van der Waals surface area contributed by atoms with Crippen LogP contribution in [0.15, 0.2) is 54.6 Å². The van der Waals surface area contributed by atoms with Crippen LogP contribution in [0.4, 0.5) is 5.69 Å². The second kappa shape index (κ2) is 8.56. The van der Waals surface area contributed by atoms with E-state index in [2.05, 4.69) is 29.2 Å². The number of amides is 1. The zero-order chi connectivity index (χ0) is 20.4. The van der Waals surface area contributed by atoms with Crippen molar-refractivity contribution in [2.75, 3.05) is 51.7 Å². The van der Waals surface area contributed by atoms with Crippen LogP contribution in [0.3, 0.4) is 0 Å². The summed E-state index contributed by atoms with van der Waals surface area (Å²) in [6.45, 7) is 4.94. The van der Waals surface area contributed by atoms with Crippen LogP contribution in [-0.4, -0.2) is 62.5 Å². The Kier molecular flexibility index (Phi) is 5.88. The van der Waals surface area contributed by atoms with Gasteiger partial charge in [-0.1, -0.05) is 30.3 Å². The lowest BCUT2D eigenvalue weighted by Crippen LogP contribution is -2.34. The van der Waals surface area contributed by atoms with Crippen LogP contribution >= 0.6 is 0 Å². The van der Waals surface area contributed by atoms with E-state index in [4.69, 9.17) is 5.73 Å². The molecule has 0 radical (unpaired) electrons. The van der Waals surface area contributed by atoms with E-state index in [1.54, 1.807) is 0 Å². The van der Waals surface area contributed by atoms with Gasteiger partial charge in [0.15, 0.2) is 0 Å². The first-order valence-electron chi connectivity index (χ1n) is 10.6. The van der Waals surface area contributed by atoms with Gasteiger partial charge in [-0.25, -0.2) is 0 Å². The van der Waals surface area contributed by atoms with E-state index in [0.717, 1.165) is 50.4 Å². The van der Waals surface area contributed by atoms with E-state index >= 15 is 0 Å². The van der Waals surface area contributed by atoms with Gasteiger partial charge in [0.05, 0.1) is 0 Å². The minimum absolute atomic E-state index is 0.0971. The number of likely N-dealkylation sites (tertiary alicyclic amines) is 2. The van der Waals surface area contributed by atoms with E-state index in [0.29, 0.717) is 11.8 Å². The van der Waals surface area contributed by atoms with Gasteiger partial charge in [0.25, 0.3) is 5.91 Å². The van der Waals surface area contributed by atoms with E-state index in [1.165, 1.54) is 5.56 Å². The van der Waals surface area contributed by atoms with E-state index < -0.39 is 0 Å². The van der Waals surface area contributed by atoms with Gasteiger partial charge in [0.2, 0.25) is 0 Å². The zero-order valence-corrected chi connectivity index (χ0v) is 17.5. The maximum atomic E-state index is 12.9. The smallest absolute Gasteiger partial charge is 0.253 e. The molecule has 29 heavy (non-hydrogen) atoms. The quantitative estimate of drug-likeness (QED) is 0.821. The van der Waals surface area contributed by atoms with Crippen molar-refractivity contribution in [1.29, 1.82) is 0 Å². The Hall–Kier alpha value is -2.37. The first-order valence-corrected chi connectivity index (χ1v) is 10.6. The number of carbonyl (C=O) groups excluding carboxylic acids is 1. The monoisotopic (exact) mass is 392 g/mol. The molecule has 2 saturated heterocycles. The molecule has 0 aromatic heterocycles. The Labute approximate surface area is 174 Å². The minimum Gasteiger partial charge on any atom is -0.378 e. The molecule has 0 aliphatic carbocycles. The predicted octanol–water partition coefficient (Wildman–Crippen LogP) is 2.85. The molecule has 0 bridgehead atoms. The lowest BCUT2D eigenvalue weighted by atomic mass is 10.0. The predicted molar refractivity (Wildman–Crippen MR) is 118 cm³/mol. The molecule has 2 fully saturated rings. The van der Waals surface area contributed by atoms with Gasteiger partial charge >= 0.3 is 0 Å². The number of nitrogens with zero attached hydrogens (tertiary/aromatic N) is 3. The average Bonchev–Trinajstić information content (AvgIpc) is 3.31. The van der Waals surface area contributed by atoms with E-state index in [9.17, 15) is 4.79 Å². The number of carbonyl (C=O) groups is 1. The number of rotatable bonds is 6. The standard InChI is InChI=1S/C24H32N4O/c1-26(2)22-10-8-19(9-11-22)24(29)28-16-20-14-27(15-21(20)17-28)13-12-23(25)18-6-4-3-5-7-18/h3-11,20-21,23H,12-17,25H2,1-2H3/t20?,21?,23-/m0/s1. The summed E-state index contributed by atoms with van der Waals surface area (Å²) < 4.78 is 0. The van der Waals surface area contributed by atoms with Crippen LogP contribution in [0, 0.1) is 11.8 Å². The maximum absolute atomic E-state index is 12.9. The molecule has 2 aromatic rings. The molecule has 2 aliphatic rings. The second-order valence-electron chi connectivity index (χ2n) is 8.74. The maximum Gasteiger partial charge on any atom is 0.253 e. The molecule has 2 aromatic carbocycles. The topological polar surface area (TPSA) is 52.8 Å². The highest BCUT2D eigenvalue weighted by atomic mass is 16.2. The molecule has 2 heterocycles. The minimum atomic E-state index is 0.0971. The lowest BCUT2D eigenvalue weighted by Gasteiger charge is -2.23. The van der Waals surface area contributed by atoms with Crippen molar-refractivity contribution in [2.24, 2.45) is 17.6 Å². The van der Waals surface area contributed by atoms with Crippen LogP contribution < -0.4 is 10.6 Å². The normalized spacial score (nSPS) is 22.5. The number of benzene rings is 2. The molecule has 1 amide bonds. The molecule has 3 atom stereocenters. The molecule has 0 saturated carbocycles. The Balaban J connectivity index is 1.27. The van der Waals surface area contributed by atoms with Crippen molar-refractivity contribution in [3.05, 3.63) is 65.7 Å². The summed E-state index contributed by atoms with van der Waals surface area (Å²) in [4.78, 5) is 19.5. The number of fused-ring (bicyclic) bond motifs is 1. The molecular formula is C24H32N4O. The summed E-state index contributed by atoms with van der Waals surface area (Å²) >= 11 is 0.